The number of nitrogens with zero attached hydrogens (tertiary/aromatic N) is 2. The minimum absolute atomic E-state index is 0. The van der Waals surface area contributed by atoms with Crippen LogP contribution in [0.25, 0.3) is 0 Å². The average Bonchev–Trinajstić information content (AvgIpc) is 2.95. The van der Waals surface area contributed by atoms with Gasteiger partial charge in [0.2, 0.25) is 5.91 Å². The Labute approximate surface area is 181 Å². The summed E-state index contributed by atoms with van der Waals surface area (Å²) in [5, 5.41) is 6.66. The Morgan fingerprint density at radius 1 is 1.14 bits per heavy atom. The van der Waals surface area contributed by atoms with Crippen LogP contribution in [0.3, 0.4) is 0 Å². The van der Waals surface area contributed by atoms with Crippen LogP contribution in [0, 0.1) is 11.3 Å². The molecule has 28 heavy (non-hydrogen) atoms. The Balaban J connectivity index is 0.00000140. The van der Waals surface area contributed by atoms with Gasteiger partial charge >= 0.3 is 0 Å². The van der Waals surface area contributed by atoms with E-state index >= 15 is 0 Å². The van der Waals surface area contributed by atoms with Crippen LogP contribution >= 0.6 is 24.8 Å². The van der Waals surface area contributed by atoms with Crippen molar-refractivity contribution in [3.05, 3.63) is 23.9 Å². The van der Waals surface area contributed by atoms with Gasteiger partial charge in [-0.3, -0.25) is 4.79 Å². The molecule has 0 unspecified atom stereocenters. The van der Waals surface area contributed by atoms with Gasteiger partial charge in [-0.1, -0.05) is 31.7 Å². The number of rotatable bonds is 4. The van der Waals surface area contributed by atoms with Gasteiger partial charge in [0.05, 0.1) is 5.41 Å². The van der Waals surface area contributed by atoms with Crippen molar-refractivity contribution in [2.75, 3.05) is 31.1 Å². The summed E-state index contributed by atoms with van der Waals surface area (Å²) in [4.78, 5) is 20.0. The summed E-state index contributed by atoms with van der Waals surface area (Å²) in [5.74, 6) is 1.83. The summed E-state index contributed by atoms with van der Waals surface area (Å²) in [6, 6.07) is 4.24. The van der Waals surface area contributed by atoms with Gasteiger partial charge < -0.3 is 15.5 Å². The molecule has 3 aliphatic rings. The standard InChI is InChI=1S/C21H32N4O.2ClH/c26-20(21-10-4-3-7-18(21)15-22-16-21)24-14-17-8-9-19(23-13-17)25-11-5-1-2-6-12-25;;/h8-9,13,18,22H,1-7,10-12,14-16H2,(H,24,26);2*1H/t18-,21+;;/m0../s1. The van der Waals surface area contributed by atoms with E-state index in [-0.39, 0.29) is 36.1 Å². The minimum atomic E-state index is -0.169. The highest BCUT2D eigenvalue weighted by molar-refractivity contribution is 5.85. The van der Waals surface area contributed by atoms with Crippen molar-refractivity contribution in [3.8, 4) is 0 Å². The van der Waals surface area contributed by atoms with E-state index in [9.17, 15) is 4.79 Å². The van der Waals surface area contributed by atoms with Crippen LogP contribution in [0.15, 0.2) is 18.3 Å². The van der Waals surface area contributed by atoms with Crippen molar-refractivity contribution < 1.29 is 4.79 Å². The number of pyridine rings is 1. The monoisotopic (exact) mass is 428 g/mol. The van der Waals surface area contributed by atoms with Crippen LogP contribution in [0.5, 0.6) is 0 Å². The molecule has 0 bridgehead atoms. The zero-order valence-corrected chi connectivity index (χ0v) is 18.3. The molecule has 2 aliphatic heterocycles. The first-order chi connectivity index (χ1) is 12.8. The average molecular weight is 429 g/mol. The Morgan fingerprint density at radius 3 is 2.64 bits per heavy atom. The van der Waals surface area contributed by atoms with E-state index in [2.05, 4.69) is 32.7 Å². The third kappa shape index (κ3) is 4.92. The van der Waals surface area contributed by atoms with Gasteiger partial charge in [0, 0.05) is 32.4 Å². The molecule has 1 amide bonds. The molecule has 0 aromatic carbocycles. The molecule has 0 radical (unpaired) electrons. The van der Waals surface area contributed by atoms with Crippen molar-refractivity contribution in [1.29, 1.82) is 0 Å². The summed E-state index contributed by atoms with van der Waals surface area (Å²) < 4.78 is 0. The molecule has 1 aliphatic carbocycles. The van der Waals surface area contributed by atoms with Crippen LogP contribution in [0.2, 0.25) is 0 Å². The quantitative estimate of drug-likeness (QED) is 0.767. The molecule has 0 spiro atoms. The Hall–Kier alpha value is -1.04. The molecule has 4 rings (SSSR count). The van der Waals surface area contributed by atoms with Gasteiger partial charge in [-0.25, -0.2) is 4.98 Å². The normalized spacial score (nSPS) is 27.0. The number of hydrogen-bond donors (Lipinski definition) is 2. The summed E-state index contributed by atoms with van der Waals surface area (Å²) in [5.41, 5.74) is 0.921. The molecular weight excluding hydrogens is 395 g/mol. The van der Waals surface area contributed by atoms with Gasteiger partial charge in [-0.05, 0) is 49.8 Å². The molecule has 3 heterocycles. The van der Waals surface area contributed by atoms with Crippen LogP contribution < -0.4 is 15.5 Å². The summed E-state index contributed by atoms with van der Waals surface area (Å²) in [6.45, 7) is 4.65. The highest BCUT2D eigenvalue weighted by Gasteiger charge is 2.49. The molecule has 2 saturated heterocycles. The summed E-state index contributed by atoms with van der Waals surface area (Å²) in [7, 11) is 0. The van der Waals surface area contributed by atoms with Crippen molar-refractivity contribution in [3.63, 3.8) is 0 Å². The van der Waals surface area contributed by atoms with Crippen molar-refractivity contribution in [2.24, 2.45) is 11.3 Å². The van der Waals surface area contributed by atoms with E-state index in [4.69, 9.17) is 0 Å². The first-order valence-electron chi connectivity index (χ1n) is 10.5. The lowest BCUT2D eigenvalue weighted by atomic mass is 9.67. The van der Waals surface area contributed by atoms with Crippen molar-refractivity contribution in [2.45, 2.75) is 57.9 Å². The van der Waals surface area contributed by atoms with Crippen LogP contribution in [0.1, 0.15) is 56.9 Å². The maximum Gasteiger partial charge on any atom is 0.228 e. The second-order valence-corrected chi connectivity index (χ2v) is 8.34. The topological polar surface area (TPSA) is 57.3 Å². The number of halogens is 2. The fraction of sp³-hybridized carbons (Fsp3) is 0.714. The smallest absolute Gasteiger partial charge is 0.228 e. The predicted molar refractivity (Wildman–Crippen MR) is 119 cm³/mol. The lowest BCUT2D eigenvalue weighted by molar-refractivity contribution is -0.134. The van der Waals surface area contributed by atoms with E-state index in [0.717, 1.165) is 44.0 Å². The Bertz CT molecular complexity index is 619. The first-order valence-corrected chi connectivity index (χ1v) is 10.5. The molecule has 2 atom stereocenters. The first kappa shape index (κ1) is 23.2. The fourth-order valence-corrected chi connectivity index (χ4v) is 5.06. The maximum atomic E-state index is 12.9. The largest absolute Gasteiger partial charge is 0.357 e. The zero-order valence-electron chi connectivity index (χ0n) is 16.6. The van der Waals surface area contributed by atoms with Crippen molar-refractivity contribution >= 4 is 36.5 Å². The van der Waals surface area contributed by atoms with Crippen LogP contribution in [-0.2, 0) is 11.3 Å². The highest BCUT2D eigenvalue weighted by atomic mass is 35.5. The maximum absolute atomic E-state index is 12.9. The van der Waals surface area contributed by atoms with Crippen molar-refractivity contribution in [1.82, 2.24) is 15.6 Å². The van der Waals surface area contributed by atoms with E-state index in [1.807, 2.05) is 6.20 Å². The second-order valence-electron chi connectivity index (χ2n) is 8.34. The Morgan fingerprint density at radius 2 is 1.93 bits per heavy atom. The number of fused-ring (bicyclic) bond motifs is 1. The number of hydrogen-bond acceptors (Lipinski definition) is 4. The highest BCUT2D eigenvalue weighted by Crippen LogP contribution is 2.43. The SMILES string of the molecule is Cl.Cl.O=C(NCc1ccc(N2CCCCCC2)nc1)[C@@]12CCCC[C@H]1CNC2. The van der Waals surface area contributed by atoms with Crippen LogP contribution in [0.4, 0.5) is 5.82 Å². The van der Waals surface area contributed by atoms with Crippen LogP contribution in [-0.4, -0.2) is 37.1 Å². The van der Waals surface area contributed by atoms with E-state index < -0.39 is 0 Å². The number of nitrogens with one attached hydrogen (secondary N) is 2. The number of carbonyl (C=O) groups excluding carboxylic acids is 1. The molecule has 158 valence electrons. The number of carbonyl (C=O) groups is 1. The molecule has 5 nitrogen and oxygen atoms in total. The Kier molecular flexibility index (Phi) is 8.84. The minimum Gasteiger partial charge on any atom is -0.357 e. The third-order valence-electron chi connectivity index (χ3n) is 6.68. The van der Waals surface area contributed by atoms with Gasteiger partial charge in [-0.15, -0.1) is 24.8 Å². The second kappa shape index (κ2) is 10.7. The van der Waals surface area contributed by atoms with E-state index in [0.29, 0.717) is 12.5 Å². The molecule has 1 saturated carbocycles. The molecular formula is C21H34Cl2N4O. The van der Waals surface area contributed by atoms with Gasteiger partial charge in [0.15, 0.2) is 0 Å². The molecule has 2 N–H and O–H groups in total. The third-order valence-corrected chi connectivity index (χ3v) is 6.68. The predicted octanol–water partition coefficient (Wildman–Crippen LogP) is 3.70. The molecule has 7 heteroatoms. The number of amides is 1. The fourth-order valence-electron chi connectivity index (χ4n) is 5.06. The molecule has 1 aromatic rings. The lowest BCUT2D eigenvalue weighted by Crippen LogP contribution is -2.47. The van der Waals surface area contributed by atoms with Gasteiger partial charge in [0.1, 0.15) is 5.82 Å². The summed E-state index contributed by atoms with van der Waals surface area (Å²) in [6.07, 6.45) is 11.8. The van der Waals surface area contributed by atoms with E-state index in [1.54, 1.807) is 0 Å². The van der Waals surface area contributed by atoms with E-state index in [1.165, 1.54) is 44.9 Å². The number of aromatic nitrogens is 1. The lowest BCUT2D eigenvalue weighted by Gasteiger charge is -2.37. The van der Waals surface area contributed by atoms with Gasteiger partial charge in [0.25, 0.3) is 0 Å². The van der Waals surface area contributed by atoms with Gasteiger partial charge in [-0.2, -0.15) is 0 Å². The molecule has 3 fully saturated rings. The summed E-state index contributed by atoms with van der Waals surface area (Å²) >= 11 is 0. The number of anilines is 1. The molecule has 1 aromatic heterocycles. The zero-order chi connectivity index (χ0) is 17.8.